The highest BCUT2D eigenvalue weighted by Crippen LogP contribution is 2.58. The third-order valence-corrected chi connectivity index (χ3v) is 11.2. The second-order valence-electron chi connectivity index (χ2n) is 16.7. The van der Waals surface area contributed by atoms with E-state index in [9.17, 15) is 9.59 Å². The molecule has 0 unspecified atom stereocenters. The molecule has 2 amide bonds. The van der Waals surface area contributed by atoms with E-state index in [0.717, 1.165) is 87.1 Å². The number of nitrogens with zero attached hydrogens (tertiary/aromatic N) is 4. The van der Waals surface area contributed by atoms with Gasteiger partial charge in [0.25, 0.3) is 0 Å². The average Bonchev–Trinajstić information content (AvgIpc) is 3.86. The standard InChI is InChI=1S/C38H52N6O4/c1-35(2,3)47-33(45)43-20-8-12-28(43)31-39-23-27(41-31)25-10-7-11-26(22-25)37-14-17-38(18-15-37,19-16-37)30-24-40-32(42-30)29-13-9-21-44(29)34(46)48-36(4,5)6/h7,10-11,22-24,28-29H,8-9,12-21H2,1-6H3,(H,39,41)(H,40,42)/t28-,29-,37?,38?/m0/s1. The topological polar surface area (TPSA) is 116 Å². The third-order valence-electron chi connectivity index (χ3n) is 11.2. The molecule has 2 N–H and O–H groups in total. The Morgan fingerprint density at radius 2 is 1.27 bits per heavy atom. The van der Waals surface area contributed by atoms with E-state index in [2.05, 4.69) is 34.2 Å². The van der Waals surface area contributed by atoms with Crippen LogP contribution in [0, 0.1) is 0 Å². The molecule has 2 saturated heterocycles. The van der Waals surface area contributed by atoms with Crippen LogP contribution >= 0.6 is 0 Å². The smallest absolute Gasteiger partial charge is 0.410 e. The van der Waals surface area contributed by atoms with Crippen molar-refractivity contribution in [1.29, 1.82) is 0 Å². The fourth-order valence-electron chi connectivity index (χ4n) is 8.65. The molecular formula is C38H52N6O4. The number of hydrogen-bond donors (Lipinski definition) is 2. The van der Waals surface area contributed by atoms with Gasteiger partial charge >= 0.3 is 12.2 Å². The zero-order chi connectivity index (χ0) is 33.9. The van der Waals surface area contributed by atoms with Gasteiger partial charge in [0.15, 0.2) is 0 Å². The van der Waals surface area contributed by atoms with Crippen molar-refractivity contribution in [3.63, 3.8) is 0 Å². The van der Waals surface area contributed by atoms with Crippen LogP contribution in [0.25, 0.3) is 11.3 Å². The van der Waals surface area contributed by atoms with Crippen LogP contribution in [-0.2, 0) is 20.3 Å². The zero-order valence-electron chi connectivity index (χ0n) is 29.5. The van der Waals surface area contributed by atoms with Crippen LogP contribution in [0.4, 0.5) is 9.59 Å². The number of benzene rings is 1. The monoisotopic (exact) mass is 656 g/mol. The molecule has 10 heteroatoms. The van der Waals surface area contributed by atoms with Gasteiger partial charge in [-0.1, -0.05) is 18.2 Å². The number of imidazole rings is 2. The molecule has 8 rings (SSSR count). The van der Waals surface area contributed by atoms with Gasteiger partial charge in [0.2, 0.25) is 0 Å². The van der Waals surface area contributed by atoms with Crippen LogP contribution < -0.4 is 0 Å². The summed E-state index contributed by atoms with van der Waals surface area (Å²) in [5, 5.41) is 0. The minimum atomic E-state index is -0.530. The van der Waals surface area contributed by atoms with Crippen molar-refractivity contribution in [1.82, 2.24) is 29.7 Å². The Labute approximate surface area is 284 Å². The highest BCUT2D eigenvalue weighted by molar-refractivity contribution is 5.70. The number of H-pyrrole nitrogens is 2. The lowest BCUT2D eigenvalue weighted by atomic mass is 9.51. The Kier molecular flexibility index (Phi) is 8.14. The molecule has 2 bridgehead atoms. The number of carbonyl (C=O) groups is 2. The van der Waals surface area contributed by atoms with Gasteiger partial charge in [0.05, 0.1) is 24.0 Å². The second kappa shape index (κ2) is 11.9. The van der Waals surface area contributed by atoms with Crippen molar-refractivity contribution in [3.8, 4) is 11.3 Å². The summed E-state index contributed by atoms with van der Waals surface area (Å²) in [5.74, 6) is 1.71. The summed E-state index contributed by atoms with van der Waals surface area (Å²) in [6.45, 7) is 12.8. The van der Waals surface area contributed by atoms with Crippen LogP contribution in [0.3, 0.4) is 0 Å². The summed E-state index contributed by atoms with van der Waals surface area (Å²) in [6.07, 6.45) is 13.9. The molecule has 3 saturated carbocycles. The second-order valence-corrected chi connectivity index (χ2v) is 16.7. The van der Waals surface area contributed by atoms with E-state index in [0.29, 0.717) is 13.1 Å². The van der Waals surface area contributed by atoms with Crippen LogP contribution in [0.5, 0.6) is 0 Å². The number of fused-ring (bicyclic) bond motifs is 3. The number of amides is 2. The molecular weight excluding hydrogens is 604 g/mol. The highest BCUT2D eigenvalue weighted by atomic mass is 16.6. The van der Waals surface area contributed by atoms with Gasteiger partial charge in [0, 0.05) is 30.4 Å². The number of hydrogen-bond acceptors (Lipinski definition) is 6. The Bertz CT molecular complexity index is 1640. The maximum absolute atomic E-state index is 12.9. The van der Waals surface area contributed by atoms with Crippen LogP contribution in [0.2, 0.25) is 0 Å². The van der Waals surface area contributed by atoms with Crippen LogP contribution in [0.1, 0.15) is 141 Å². The first kappa shape index (κ1) is 32.7. The summed E-state index contributed by atoms with van der Waals surface area (Å²) < 4.78 is 11.4. The van der Waals surface area contributed by atoms with E-state index >= 15 is 0 Å². The SMILES string of the molecule is CC(C)(C)OC(=O)N1CCC[C@H]1c1ncc(-c2cccc(C34CCC(c5cnc([C@@H]6CCCN6C(=O)OC(C)(C)C)[nH]5)(CC3)CC4)c2)[nH]1. The van der Waals surface area contributed by atoms with E-state index in [1.807, 2.05) is 63.7 Å². The predicted molar refractivity (Wildman–Crippen MR) is 183 cm³/mol. The summed E-state index contributed by atoms with van der Waals surface area (Å²) in [6, 6.07) is 8.84. The minimum Gasteiger partial charge on any atom is -0.444 e. The molecule has 5 fully saturated rings. The molecule has 10 nitrogen and oxygen atoms in total. The normalized spacial score (nSPS) is 27.5. The van der Waals surface area contributed by atoms with Gasteiger partial charge in [-0.05, 0) is 128 Å². The molecule has 48 heavy (non-hydrogen) atoms. The lowest BCUT2D eigenvalue weighted by Gasteiger charge is -2.53. The molecule has 0 radical (unpaired) electrons. The van der Waals surface area contributed by atoms with Gasteiger partial charge in [-0.15, -0.1) is 0 Å². The molecule has 5 aliphatic rings. The molecule has 3 aromatic rings. The number of aromatic nitrogens is 4. The maximum atomic E-state index is 12.9. The fraction of sp³-hybridized carbons (Fsp3) is 0.632. The molecule has 2 atom stereocenters. The Hall–Kier alpha value is -3.82. The number of nitrogens with one attached hydrogen (secondary N) is 2. The van der Waals surface area contributed by atoms with E-state index < -0.39 is 11.2 Å². The largest absolute Gasteiger partial charge is 0.444 e. The Balaban J connectivity index is 1.03. The summed E-state index contributed by atoms with van der Waals surface area (Å²) >= 11 is 0. The van der Waals surface area contributed by atoms with Crippen molar-refractivity contribution in [3.05, 3.63) is 59.6 Å². The van der Waals surface area contributed by atoms with Gasteiger partial charge in [0.1, 0.15) is 22.9 Å². The van der Waals surface area contributed by atoms with Gasteiger partial charge in [-0.25, -0.2) is 19.6 Å². The average molecular weight is 657 g/mol. The van der Waals surface area contributed by atoms with E-state index in [-0.39, 0.29) is 35.1 Å². The zero-order valence-corrected chi connectivity index (χ0v) is 29.5. The van der Waals surface area contributed by atoms with Crippen LogP contribution in [-0.4, -0.2) is 66.2 Å². The van der Waals surface area contributed by atoms with Crippen molar-refractivity contribution >= 4 is 12.2 Å². The minimum absolute atomic E-state index is 0.0592. The fourth-order valence-corrected chi connectivity index (χ4v) is 8.65. The van der Waals surface area contributed by atoms with Gasteiger partial charge < -0.3 is 19.4 Å². The number of rotatable bonds is 5. The molecule has 2 aromatic heterocycles. The molecule has 3 aliphatic carbocycles. The number of ether oxygens (including phenoxy) is 2. The first-order chi connectivity index (χ1) is 22.7. The Morgan fingerprint density at radius 1 is 0.750 bits per heavy atom. The molecule has 0 spiro atoms. The number of likely N-dealkylation sites (tertiary alicyclic amines) is 2. The number of aromatic amines is 2. The molecule has 1 aromatic carbocycles. The van der Waals surface area contributed by atoms with Crippen molar-refractivity contribution in [2.24, 2.45) is 0 Å². The maximum Gasteiger partial charge on any atom is 0.410 e. The van der Waals surface area contributed by atoms with E-state index in [4.69, 9.17) is 19.4 Å². The summed E-state index contributed by atoms with van der Waals surface area (Å²) in [4.78, 5) is 46.4. The van der Waals surface area contributed by atoms with Crippen molar-refractivity contribution < 1.29 is 19.1 Å². The number of carbonyl (C=O) groups excluding carboxylic acids is 2. The lowest BCUT2D eigenvalue weighted by Crippen LogP contribution is -2.46. The predicted octanol–water partition coefficient (Wildman–Crippen LogP) is 8.49. The van der Waals surface area contributed by atoms with Crippen molar-refractivity contribution in [2.75, 3.05) is 13.1 Å². The van der Waals surface area contributed by atoms with E-state index in [1.165, 1.54) is 11.3 Å². The quantitative estimate of drug-likeness (QED) is 0.285. The molecule has 258 valence electrons. The van der Waals surface area contributed by atoms with Gasteiger partial charge in [-0.2, -0.15) is 0 Å². The van der Waals surface area contributed by atoms with Crippen molar-refractivity contribution in [2.45, 2.75) is 140 Å². The molecule has 2 aliphatic heterocycles. The van der Waals surface area contributed by atoms with E-state index in [1.54, 1.807) is 0 Å². The van der Waals surface area contributed by atoms with Crippen LogP contribution in [0.15, 0.2) is 36.7 Å². The lowest BCUT2D eigenvalue weighted by molar-refractivity contribution is 0.0208. The highest BCUT2D eigenvalue weighted by Gasteiger charge is 2.51. The van der Waals surface area contributed by atoms with Gasteiger partial charge in [-0.3, -0.25) is 9.80 Å². The summed E-state index contributed by atoms with van der Waals surface area (Å²) in [7, 11) is 0. The molecule has 4 heterocycles. The Morgan fingerprint density at radius 3 is 1.83 bits per heavy atom. The summed E-state index contributed by atoms with van der Waals surface area (Å²) in [5.41, 5.74) is 3.99. The first-order valence-electron chi connectivity index (χ1n) is 17.9. The third kappa shape index (κ3) is 6.23. The first-order valence-corrected chi connectivity index (χ1v) is 17.9.